The van der Waals surface area contributed by atoms with Crippen LogP contribution >= 0.6 is 0 Å². The molecule has 0 amide bonds. The highest BCUT2D eigenvalue weighted by molar-refractivity contribution is 6.19. The Kier molecular flexibility index (Phi) is 6.79. The molecular weight excluding hydrogens is 661 g/mol. The molecule has 8 aromatic carbocycles. The Morgan fingerprint density at radius 2 is 0.944 bits per heavy atom. The maximum Gasteiger partial charge on any atom is 0.164 e. The summed E-state index contributed by atoms with van der Waals surface area (Å²) in [6, 6.07) is 63.3. The third-order valence-corrected chi connectivity index (χ3v) is 10.4. The van der Waals surface area contributed by atoms with Gasteiger partial charge in [-0.1, -0.05) is 146 Å². The molecule has 0 atom stereocenters. The molecule has 5 nitrogen and oxygen atoms in total. The van der Waals surface area contributed by atoms with Crippen LogP contribution in [0.4, 0.5) is 0 Å². The molecule has 0 unspecified atom stereocenters. The van der Waals surface area contributed by atoms with E-state index in [9.17, 15) is 0 Å². The summed E-state index contributed by atoms with van der Waals surface area (Å²) in [5.74, 6) is 1.83. The van der Waals surface area contributed by atoms with Crippen LogP contribution in [0.1, 0.15) is 0 Å². The van der Waals surface area contributed by atoms with E-state index >= 15 is 0 Å². The fourth-order valence-corrected chi connectivity index (χ4v) is 7.95. The average molecular weight is 691 g/mol. The second-order valence-corrected chi connectivity index (χ2v) is 13.6. The molecule has 0 aliphatic rings. The molecule has 0 radical (unpaired) electrons. The summed E-state index contributed by atoms with van der Waals surface area (Å²) < 4.78 is 9.23. The Labute approximate surface area is 310 Å². The van der Waals surface area contributed by atoms with Gasteiger partial charge >= 0.3 is 0 Å². The summed E-state index contributed by atoms with van der Waals surface area (Å²) in [4.78, 5) is 15.2. The number of para-hydroxylation sites is 1. The lowest BCUT2D eigenvalue weighted by Crippen LogP contribution is -2.00. The highest BCUT2D eigenvalue weighted by Crippen LogP contribution is 2.44. The van der Waals surface area contributed by atoms with Gasteiger partial charge in [-0.15, -0.1) is 0 Å². The van der Waals surface area contributed by atoms with Gasteiger partial charge in [-0.2, -0.15) is 0 Å². The first-order chi connectivity index (χ1) is 26.8. The molecule has 5 heteroatoms. The Morgan fingerprint density at radius 1 is 0.370 bits per heavy atom. The minimum absolute atomic E-state index is 0.591. The van der Waals surface area contributed by atoms with E-state index in [0.717, 1.165) is 66.5 Å². The van der Waals surface area contributed by atoms with E-state index in [0.29, 0.717) is 17.5 Å². The van der Waals surface area contributed by atoms with Crippen molar-refractivity contribution in [3.63, 3.8) is 0 Å². The summed E-state index contributed by atoms with van der Waals surface area (Å²) in [6.45, 7) is 0. The van der Waals surface area contributed by atoms with E-state index < -0.39 is 0 Å². The first-order valence-electron chi connectivity index (χ1n) is 18.1. The number of rotatable bonds is 5. The standard InChI is InChI=1S/C49H30N4O/c1-4-15-31(16-5-1)39-29-36(53-41-25-13-12-23-37(41)40-27-34-21-10-11-22-35(34)28-42(40)53)30-44-46(39)45-38(24-14-26-43(45)54-44)49-51-47(32-17-6-2-7-18-32)50-48(52-49)33-19-8-3-9-20-33/h1-30H. The fourth-order valence-electron chi connectivity index (χ4n) is 7.95. The maximum absolute atomic E-state index is 6.86. The molecule has 0 spiro atoms. The van der Waals surface area contributed by atoms with Gasteiger partial charge in [-0.05, 0) is 52.2 Å². The largest absolute Gasteiger partial charge is 0.456 e. The van der Waals surface area contributed by atoms with E-state index in [1.54, 1.807) is 0 Å². The Hall–Kier alpha value is -7.37. The van der Waals surface area contributed by atoms with Crippen molar-refractivity contribution in [3.8, 4) is 51.0 Å². The zero-order valence-electron chi connectivity index (χ0n) is 29.0. The van der Waals surface area contributed by atoms with Crippen LogP contribution in [0.25, 0.3) is 105 Å². The molecule has 11 aromatic rings. The van der Waals surface area contributed by atoms with E-state index in [-0.39, 0.29) is 0 Å². The molecule has 0 N–H and O–H groups in total. The maximum atomic E-state index is 6.86. The Bertz CT molecular complexity index is 3140. The molecule has 11 rings (SSSR count). The second-order valence-electron chi connectivity index (χ2n) is 13.6. The van der Waals surface area contributed by atoms with E-state index in [4.69, 9.17) is 19.4 Å². The number of fused-ring (bicyclic) bond motifs is 7. The third-order valence-electron chi connectivity index (χ3n) is 10.4. The molecule has 252 valence electrons. The number of hydrogen-bond acceptors (Lipinski definition) is 4. The minimum Gasteiger partial charge on any atom is -0.456 e. The first kappa shape index (κ1) is 30.3. The lowest BCUT2D eigenvalue weighted by atomic mass is 9.96. The predicted octanol–water partition coefficient (Wildman–Crippen LogP) is 12.7. The van der Waals surface area contributed by atoms with Crippen molar-refractivity contribution < 1.29 is 4.42 Å². The van der Waals surface area contributed by atoms with Gasteiger partial charge in [-0.3, -0.25) is 0 Å². The van der Waals surface area contributed by atoms with Crippen molar-refractivity contribution in [3.05, 3.63) is 182 Å². The van der Waals surface area contributed by atoms with E-state index in [1.165, 1.54) is 21.5 Å². The second kappa shape index (κ2) is 12.1. The SMILES string of the molecule is c1ccc(-c2nc(-c3ccccc3)nc(-c3cccc4oc5cc(-n6c7ccccc7c7cc8ccccc8cc76)cc(-c6ccccc6)c5c34)n2)cc1. The van der Waals surface area contributed by atoms with Gasteiger partial charge in [0.05, 0.1) is 16.7 Å². The smallest absolute Gasteiger partial charge is 0.164 e. The summed E-state index contributed by atoms with van der Waals surface area (Å²) in [7, 11) is 0. The van der Waals surface area contributed by atoms with Crippen LogP contribution in [-0.2, 0) is 0 Å². The molecule has 0 saturated carbocycles. The quantitative estimate of drug-likeness (QED) is 0.180. The molecule has 54 heavy (non-hydrogen) atoms. The lowest BCUT2D eigenvalue weighted by Gasteiger charge is -2.13. The number of hydrogen-bond donors (Lipinski definition) is 0. The van der Waals surface area contributed by atoms with Crippen LogP contribution in [0.5, 0.6) is 0 Å². The van der Waals surface area contributed by atoms with Gasteiger partial charge in [0.1, 0.15) is 11.2 Å². The lowest BCUT2D eigenvalue weighted by molar-refractivity contribution is 0.669. The van der Waals surface area contributed by atoms with Crippen LogP contribution in [-0.4, -0.2) is 19.5 Å². The highest BCUT2D eigenvalue weighted by Gasteiger charge is 2.22. The predicted molar refractivity (Wildman–Crippen MR) is 221 cm³/mol. The summed E-state index contributed by atoms with van der Waals surface area (Å²) in [5.41, 5.74) is 9.79. The van der Waals surface area contributed by atoms with Crippen molar-refractivity contribution in [2.75, 3.05) is 0 Å². The Morgan fingerprint density at radius 3 is 1.65 bits per heavy atom. The molecule has 0 aliphatic carbocycles. The van der Waals surface area contributed by atoms with Crippen LogP contribution in [0.2, 0.25) is 0 Å². The van der Waals surface area contributed by atoms with Crippen LogP contribution in [0.3, 0.4) is 0 Å². The number of furan rings is 1. The van der Waals surface area contributed by atoms with Gasteiger partial charge in [-0.25, -0.2) is 15.0 Å². The van der Waals surface area contributed by atoms with Crippen LogP contribution in [0, 0.1) is 0 Å². The monoisotopic (exact) mass is 690 g/mol. The molecular formula is C49H30N4O. The zero-order chi connectivity index (χ0) is 35.6. The summed E-state index contributed by atoms with van der Waals surface area (Å²) >= 11 is 0. The van der Waals surface area contributed by atoms with Gasteiger partial charge < -0.3 is 8.98 Å². The van der Waals surface area contributed by atoms with Crippen molar-refractivity contribution >= 4 is 54.5 Å². The topological polar surface area (TPSA) is 56.7 Å². The zero-order valence-corrected chi connectivity index (χ0v) is 29.0. The summed E-state index contributed by atoms with van der Waals surface area (Å²) in [6.07, 6.45) is 0. The van der Waals surface area contributed by atoms with Gasteiger partial charge in [0.2, 0.25) is 0 Å². The molecule has 3 aromatic heterocycles. The molecule has 0 fully saturated rings. The van der Waals surface area contributed by atoms with Crippen molar-refractivity contribution in [2.24, 2.45) is 0 Å². The van der Waals surface area contributed by atoms with Gasteiger partial charge in [0.15, 0.2) is 17.5 Å². The van der Waals surface area contributed by atoms with Gasteiger partial charge in [0, 0.05) is 44.3 Å². The molecule has 0 bridgehead atoms. The highest BCUT2D eigenvalue weighted by atomic mass is 16.3. The van der Waals surface area contributed by atoms with Gasteiger partial charge in [0.25, 0.3) is 0 Å². The third kappa shape index (κ3) is 4.83. The summed E-state index contributed by atoms with van der Waals surface area (Å²) in [5, 5.41) is 6.84. The van der Waals surface area contributed by atoms with Crippen molar-refractivity contribution in [1.82, 2.24) is 19.5 Å². The number of aromatic nitrogens is 4. The molecule has 0 aliphatic heterocycles. The van der Waals surface area contributed by atoms with Crippen LogP contribution < -0.4 is 0 Å². The molecule has 3 heterocycles. The number of benzene rings is 8. The van der Waals surface area contributed by atoms with Crippen molar-refractivity contribution in [1.29, 1.82) is 0 Å². The van der Waals surface area contributed by atoms with E-state index in [2.05, 4.69) is 114 Å². The van der Waals surface area contributed by atoms with Crippen molar-refractivity contribution in [2.45, 2.75) is 0 Å². The van der Waals surface area contributed by atoms with E-state index in [1.807, 2.05) is 72.8 Å². The Balaban J connectivity index is 1.22. The fraction of sp³-hybridized carbons (Fsp3) is 0. The number of nitrogens with zero attached hydrogens (tertiary/aromatic N) is 4. The average Bonchev–Trinajstić information content (AvgIpc) is 3.78. The van der Waals surface area contributed by atoms with Crippen LogP contribution in [0.15, 0.2) is 186 Å². The first-order valence-corrected chi connectivity index (χ1v) is 18.1. The molecule has 0 saturated heterocycles. The minimum atomic E-state index is 0.591. The normalized spacial score (nSPS) is 11.7.